The van der Waals surface area contributed by atoms with Crippen molar-refractivity contribution in [3.63, 3.8) is 0 Å². The molecule has 0 atom stereocenters. The van der Waals surface area contributed by atoms with Crippen LogP contribution in [0.2, 0.25) is 0 Å². The van der Waals surface area contributed by atoms with Crippen molar-refractivity contribution in [1.29, 1.82) is 0 Å². The Morgan fingerprint density at radius 3 is 1.08 bits per heavy atom. The van der Waals surface area contributed by atoms with E-state index in [1.54, 1.807) is 0 Å². The van der Waals surface area contributed by atoms with Gasteiger partial charge in [-0.05, 0) is 0 Å². The highest BCUT2D eigenvalue weighted by molar-refractivity contribution is 5.56. The summed E-state index contributed by atoms with van der Waals surface area (Å²) >= 11 is 0. The summed E-state index contributed by atoms with van der Waals surface area (Å²) in [6, 6.07) is -0.789. The smallest absolute Gasteiger partial charge is 0.422 e. The number of halogens is 13. The van der Waals surface area contributed by atoms with E-state index in [2.05, 4.69) is 9.47 Å². The summed E-state index contributed by atoms with van der Waals surface area (Å²) in [5.74, 6) is -22.5. The first-order chi connectivity index (χ1) is 16.9. The van der Waals surface area contributed by atoms with E-state index in [1.165, 1.54) is 0 Å². The van der Waals surface area contributed by atoms with Gasteiger partial charge in [0.15, 0.2) is 52.2 Å². The minimum Gasteiger partial charge on any atom is -0.453 e. The van der Waals surface area contributed by atoms with E-state index < -0.39 is 98.6 Å². The number of hydrogen-bond donors (Lipinski definition) is 2. The third-order valence-electron chi connectivity index (χ3n) is 4.51. The molecule has 4 nitrogen and oxygen atoms in total. The zero-order valence-electron chi connectivity index (χ0n) is 17.1. The van der Waals surface area contributed by atoms with Crippen LogP contribution in [-0.2, 0) is 12.4 Å². The molecule has 0 heterocycles. The van der Waals surface area contributed by atoms with Crippen LogP contribution in [0.25, 0.3) is 0 Å². The molecule has 0 aliphatic carbocycles. The van der Waals surface area contributed by atoms with E-state index in [4.69, 9.17) is 11.5 Å². The second-order valence-corrected chi connectivity index (χ2v) is 6.93. The Hall–Kier alpha value is -4.05. The summed E-state index contributed by atoms with van der Waals surface area (Å²) in [7, 11) is 0. The first-order valence-corrected chi connectivity index (χ1v) is 9.08. The maximum Gasteiger partial charge on any atom is 0.422 e. The summed E-state index contributed by atoms with van der Waals surface area (Å²) in [6.07, 6.45) is -12.0. The van der Waals surface area contributed by atoms with Gasteiger partial charge in [-0.2, -0.15) is 26.3 Å². The van der Waals surface area contributed by atoms with Crippen LogP contribution in [0.5, 0.6) is 23.0 Å². The molecule has 0 aliphatic rings. The van der Waals surface area contributed by atoms with Gasteiger partial charge in [-0.3, -0.25) is 0 Å². The van der Waals surface area contributed by atoms with Crippen LogP contribution in [0.1, 0.15) is 11.1 Å². The third kappa shape index (κ3) is 4.97. The molecule has 17 heteroatoms. The van der Waals surface area contributed by atoms with Gasteiger partial charge in [0, 0.05) is 18.2 Å². The highest BCUT2D eigenvalue weighted by Crippen LogP contribution is 2.50. The lowest BCUT2D eigenvalue weighted by Crippen LogP contribution is -2.18. The Morgan fingerprint density at radius 1 is 0.459 bits per heavy atom. The van der Waals surface area contributed by atoms with Crippen molar-refractivity contribution >= 4 is 11.4 Å². The maximum absolute atomic E-state index is 14.7. The van der Waals surface area contributed by atoms with Crippen LogP contribution in [-0.4, -0.2) is 0 Å². The van der Waals surface area contributed by atoms with Crippen molar-refractivity contribution in [3.05, 3.63) is 70.0 Å². The van der Waals surface area contributed by atoms with Gasteiger partial charge in [-0.1, -0.05) is 0 Å². The van der Waals surface area contributed by atoms with E-state index in [0.717, 1.165) is 0 Å². The van der Waals surface area contributed by atoms with E-state index >= 15 is 0 Å². The SMILES string of the molecule is Nc1c(F)c(F)cc(Oc2cc(Oc3cc(F)c(F)c(N)c3F)c(C(F)(F)F)c(F)c2C(F)(F)F)c1F. The predicted molar refractivity (Wildman–Crippen MR) is 98.0 cm³/mol. The van der Waals surface area contributed by atoms with E-state index in [9.17, 15) is 57.1 Å². The summed E-state index contributed by atoms with van der Waals surface area (Å²) in [5.41, 5.74) is 0.900. The number of anilines is 2. The fourth-order valence-electron chi connectivity index (χ4n) is 2.88. The second kappa shape index (κ2) is 9.11. The third-order valence-corrected chi connectivity index (χ3v) is 4.51. The van der Waals surface area contributed by atoms with Crippen LogP contribution in [0.15, 0.2) is 18.2 Å². The highest BCUT2D eigenvalue weighted by atomic mass is 19.4. The molecule has 0 aliphatic heterocycles. The number of hydrogen-bond acceptors (Lipinski definition) is 4. The van der Waals surface area contributed by atoms with Gasteiger partial charge >= 0.3 is 12.4 Å². The molecular formula is C20H7F13N2O2. The lowest BCUT2D eigenvalue weighted by molar-refractivity contribution is -0.148. The molecule has 4 N–H and O–H groups in total. The molecule has 200 valence electrons. The van der Waals surface area contributed by atoms with Crippen LogP contribution < -0.4 is 20.9 Å². The standard InChI is InChI=1S/C20H7F13N2O2/c21-4-1-8(14(25)17(34)12(4)23)36-6-3-7(37-9-2-5(22)13(24)18(35)15(9)26)11(20(31,32)33)16(27)10(6)19(28,29)30/h1-3H,34-35H2. The fraction of sp³-hybridized carbons (Fsp3) is 0.100. The molecule has 0 amide bonds. The zero-order valence-corrected chi connectivity index (χ0v) is 17.1. The number of benzene rings is 3. The summed E-state index contributed by atoms with van der Waals surface area (Å²) in [5, 5.41) is 0. The number of ether oxygens (including phenoxy) is 2. The van der Waals surface area contributed by atoms with Crippen LogP contribution in [0, 0.1) is 40.7 Å². The predicted octanol–water partition coefficient (Wildman–Crippen LogP) is 7.45. The molecular weight excluding hydrogens is 547 g/mol. The van der Waals surface area contributed by atoms with Crippen LogP contribution in [0.4, 0.5) is 68.5 Å². The zero-order chi connectivity index (χ0) is 28.2. The molecule has 0 spiro atoms. The lowest BCUT2D eigenvalue weighted by atomic mass is 10.1. The summed E-state index contributed by atoms with van der Waals surface area (Å²) in [6.45, 7) is 0. The average Bonchev–Trinajstić information content (AvgIpc) is 2.76. The molecule has 0 saturated carbocycles. The van der Waals surface area contributed by atoms with Gasteiger partial charge in [-0.15, -0.1) is 0 Å². The molecule has 0 unspecified atom stereocenters. The van der Waals surface area contributed by atoms with Gasteiger partial charge in [0.05, 0.1) is 0 Å². The highest BCUT2D eigenvalue weighted by Gasteiger charge is 2.47. The molecule has 3 aromatic rings. The van der Waals surface area contributed by atoms with Crippen LogP contribution >= 0.6 is 0 Å². The van der Waals surface area contributed by atoms with E-state index in [0.29, 0.717) is 0 Å². The molecule has 0 bridgehead atoms. The molecule has 3 aromatic carbocycles. The number of nitrogen functional groups attached to an aromatic ring is 2. The van der Waals surface area contributed by atoms with Crippen molar-refractivity contribution < 1.29 is 66.5 Å². The Labute approximate surface area is 195 Å². The number of rotatable bonds is 4. The van der Waals surface area contributed by atoms with Crippen molar-refractivity contribution in [2.75, 3.05) is 11.5 Å². The van der Waals surface area contributed by atoms with Crippen LogP contribution in [0.3, 0.4) is 0 Å². The Kier molecular flexibility index (Phi) is 6.78. The Morgan fingerprint density at radius 2 is 0.784 bits per heavy atom. The normalized spacial score (nSPS) is 12.1. The summed E-state index contributed by atoms with van der Waals surface area (Å²) in [4.78, 5) is 0. The second-order valence-electron chi connectivity index (χ2n) is 6.93. The van der Waals surface area contributed by atoms with Crippen molar-refractivity contribution in [3.8, 4) is 23.0 Å². The molecule has 0 aromatic heterocycles. The minimum absolute atomic E-state index is 0.201. The first kappa shape index (κ1) is 27.5. The summed E-state index contributed by atoms with van der Waals surface area (Å²) < 4.78 is 187. The molecule has 0 saturated heterocycles. The van der Waals surface area contributed by atoms with Gasteiger partial charge in [-0.25, -0.2) is 30.7 Å². The monoisotopic (exact) mass is 554 g/mol. The number of alkyl halides is 6. The Balaban J connectivity index is 2.34. The lowest BCUT2D eigenvalue weighted by Gasteiger charge is -2.21. The topological polar surface area (TPSA) is 70.5 Å². The average molecular weight is 554 g/mol. The van der Waals surface area contributed by atoms with E-state index in [-0.39, 0.29) is 18.2 Å². The molecule has 37 heavy (non-hydrogen) atoms. The van der Waals surface area contributed by atoms with Gasteiger partial charge in [0.2, 0.25) is 0 Å². The number of nitrogens with two attached hydrogens (primary N) is 2. The van der Waals surface area contributed by atoms with Crippen molar-refractivity contribution in [1.82, 2.24) is 0 Å². The quantitative estimate of drug-likeness (QED) is 0.200. The minimum atomic E-state index is -6.00. The largest absolute Gasteiger partial charge is 0.453 e. The maximum atomic E-state index is 14.7. The van der Waals surface area contributed by atoms with Gasteiger partial charge < -0.3 is 20.9 Å². The van der Waals surface area contributed by atoms with Gasteiger partial charge in [0.25, 0.3) is 0 Å². The Bertz CT molecular complexity index is 1300. The first-order valence-electron chi connectivity index (χ1n) is 9.08. The van der Waals surface area contributed by atoms with Crippen molar-refractivity contribution in [2.24, 2.45) is 0 Å². The molecule has 0 fully saturated rings. The van der Waals surface area contributed by atoms with E-state index in [1.807, 2.05) is 0 Å². The van der Waals surface area contributed by atoms with Gasteiger partial charge in [0.1, 0.15) is 34.0 Å². The molecule has 3 rings (SSSR count). The van der Waals surface area contributed by atoms with Crippen molar-refractivity contribution in [2.45, 2.75) is 12.4 Å². The molecule has 0 radical (unpaired) electrons. The fourth-order valence-corrected chi connectivity index (χ4v) is 2.88.